The largest absolute Gasteiger partial charge is 0.226 e. The van der Waals surface area contributed by atoms with Crippen LogP contribution in [-0.2, 0) is 20.6 Å². The van der Waals surface area contributed by atoms with Crippen molar-refractivity contribution in [1.82, 2.24) is 0 Å². The summed E-state index contributed by atoms with van der Waals surface area (Å²) in [7, 11) is -1.96. The molecule has 1 aliphatic rings. The van der Waals surface area contributed by atoms with Crippen LogP contribution >= 0.6 is 0 Å². The van der Waals surface area contributed by atoms with Gasteiger partial charge >= 0.3 is 0 Å². The highest BCUT2D eigenvalue weighted by Gasteiger charge is 2.75. The van der Waals surface area contributed by atoms with Gasteiger partial charge in [0.1, 0.15) is 8.07 Å². The Kier molecular flexibility index (Phi) is 5.19. The van der Waals surface area contributed by atoms with E-state index in [-0.39, 0.29) is 16.2 Å². The molecule has 0 saturated carbocycles. The second-order valence-corrected chi connectivity index (χ2v) is 15.7. The Morgan fingerprint density at radius 1 is 0.714 bits per heavy atom. The van der Waals surface area contributed by atoms with Crippen LogP contribution in [0.15, 0.2) is 60.7 Å². The Hall–Kier alpha value is -1.42. The highest BCUT2D eigenvalue weighted by molar-refractivity contribution is 6.80. The first-order valence-electron chi connectivity index (χ1n) is 10.4. The number of hydrogen-bond acceptors (Lipinski definition) is 2. The summed E-state index contributed by atoms with van der Waals surface area (Å²) in [5, 5.41) is 0. The minimum atomic E-state index is -1.96. The summed E-state index contributed by atoms with van der Waals surface area (Å²) in [4.78, 5) is 12.2. The van der Waals surface area contributed by atoms with E-state index in [4.69, 9.17) is 9.78 Å². The van der Waals surface area contributed by atoms with Gasteiger partial charge in [-0.2, -0.15) is 9.78 Å². The molecule has 1 saturated heterocycles. The SMILES string of the molecule is CC(C)(C)C[Si](C)(C)C1(C(C)(c2ccccc2)C(C)(C)c2ccccc2)OO1. The molecular formula is C25H36O2Si. The third-order valence-electron chi connectivity index (χ3n) is 6.87. The molecular weight excluding hydrogens is 360 g/mol. The predicted molar refractivity (Wildman–Crippen MR) is 120 cm³/mol. The molecule has 3 heteroatoms. The quantitative estimate of drug-likeness (QED) is 0.302. The summed E-state index contributed by atoms with van der Waals surface area (Å²) < 4.78 is 0. The second-order valence-electron chi connectivity index (χ2n) is 10.9. The summed E-state index contributed by atoms with van der Waals surface area (Å²) in [6, 6.07) is 22.7. The van der Waals surface area contributed by atoms with Crippen LogP contribution in [0.25, 0.3) is 0 Å². The third kappa shape index (κ3) is 3.28. The Bertz CT molecular complexity index is 801. The molecule has 0 radical (unpaired) electrons. The van der Waals surface area contributed by atoms with Crippen LogP contribution < -0.4 is 0 Å². The molecule has 2 aromatic carbocycles. The molecule has 0 aliphatic carbocycles. The van der Waals surface area contributed by atoms with E-state index in [0.717, 1.165) is 6.04 Å². The fraction of sp³-hybridized carbons (Fsp3) is 0.520. The van der Waals surface area contributed by atoms with E-state index in [1.807, 2.05) is 0 Å². The van der Waals surface area contributed by atoms with E-state index in [2.05, 4.69) is 115 Å². The smallest absolute Gasteiger partial charge is 0.199 e. The van der Waals surface area contributed by atoms with Crippen LogP contribution in [0.1, 0.15) is 52.7 Å². The zero-order valence-electron chi connectivity index (χ0n) is 18.8. The zero-order chi connectivity index (χ0) is 20.8. The first-order chi connectivity index (χ1) is 12.9. The first kappa shape index (κ1) is 21.3. The lowest BCUT2D eigenvalue weighted by Crippen LogP contribution is -2.64. The monoisotopic (exact) mass is 396 g/mol. The third-order valence-corrected chi connectivity index (χ3v) is 11.3. The van der Waals surface area contributed by atoms with Crippen LogP contribution in [0, 0.1) is 5.41 Å². The van der Waals surface area contributed by atoms with Gasteiger partial charge in [0.05, 0.1) is 5.41 Å². The van der Waals surface area contributed by atoms with Gasteiger partial charge in [-0.05, 0) is 29.5 Å². The topological polar surface area (TPSA) is 25.1 Å². The second kappa shape index (κ2) is 6.83. The van der Waals surface area contributed by atoms with Crippen molar-refractivity contribution < 1.29 is 9.78 Å². The normalized spacial score (nSPS) is 19.1. The molecule has 0 amide bonds. The summed E-state index contributed by atoms with van der Waals surface area (Å²) in [5.41, 5.74) is 1.73. The van der Waals surface area contributed by atoms with Crippen molar-refractivity contribution in [3.63, 3.8) is 0 Å². The number of hydrogen-bond donors (Lipinski definition) is 0. The van der Waals surface area contributed by atoms with E-state index in [1.54, 1.807) is 0 Å². The van der Waals surface area contributed by atoms with Crippen LogP contribution in [0.3, 0.4) is 0 Å². The Labute approximate surface area is 172 Å². The summed E-state index contributed by atoms with van der Waals surface area (Å²) in [6.07, 6.45) is 0. The maximum Gasteiger partial charge on any atom is 0.226 e. The van der Waals surface area contributed by atoms with Gasteiger partial charge in [-0.15, -0.1) is 0 Å². The number of rotatable bonds is 6. The molecule has 3 rings (SSSR count). The van der Waals surface area contributed by atoms with Gasteiger partial charge in [0.15, 0.2) is 0 Å². The van der Waals surface area contributed by atoms with Gasteiger partial charge in [0, 0.05) is 5.41 Å². The molecule has 1 heterocycles. The van der Waals surface area contributed by atoms with Gasteiger partial charge in [-0.25, -0.2) is 0 Å². The van der Waals surface area contributed by atoms with Crippen LogP contribution in [0.5, 0.6) is 0 Å². The fourth-order valence-electron chi connectivity index (χ4n) is 5.43. The van der Waals surface area contributed by atoms with Gasteiger partial charge in [0.25, 0.3) is 0 Å². The molecule has 0 N–H and O–H groups in total. The van der Waals surface area contributed by atoms with E-state index in [0.29, 0.717) is 0 Å². The van der Waals surface area contributed by atoms with Crippen LogP contribution in [0.2, 0.25) is 19.1 Å². The average Bonchev–Trinajstić information content (AvgIpc) is 3.43. The molecule has 1 unspecified atom stereocenters. The van der Waals surface area contributed by atoms with Crippen molar-refractivity contribution in [2.75, 3.05) is 0 Å². The molecule has 1 fully saturated rings. The van der Waals surface area contributed by atoms with Crippen LogP contribution in [-0.4, -0.2) is 13.5 Å². The maximum atomic E-state index is 6.10. The van der Waals surface area contributed by atoms with Crippen molar-refractivity contribution in [1.29, 1.82) is 0 Å². The van der Waals surface area contributed by atoms with Crippen LogP contribution in [0.4, 0.5) is 0 Å². The summed E-state index contributed by atoms with van der Waals surface area (Å²) in [6.45, 7) is 18.8. The minimum absolute atomic E-state index is 0.186. The number of benzene rings is 2. The zero-order valence-corrected chi connectivity index (χ0v) is 19.8. The molecule has 152 valence electrons. The molecule has 1 aliphatic heterocycles. The Morgan fingerprint density at radius 2 is 1.14 bits per heavy atom. The molecule has 0 aromatic heterocycles. The van der Waals surface area contributed by atoms with E-state index in [9.17, 15) is 0 Å². The Morgan fingerprint density at radius 3 is 1.54 bits per heavy atom. The predicted octanol–water partition coefficient (Wildman–Crippen LogP) is 6.87. The van der Waals surface area contributed by atoms with Gasteiger partial charge < -0.3 is 0 Å². The standard InChI is InChI=1S/C25H36O2Si/c1-22(2,3)19-28(7,8)25(26-27-25)24(6,21-17-13-10-14-18-21)23(4,5)20-15-11-9-12-16-20/h9-18H,19H2,1-8H3. The molecule has 2 nitrogen and oxygen atoms in total. The van der Waals surface area contributed by atoms with Gasteiger partial charge in [-0.1, -0.05) is 108 Å². The van der Waals surface area contributed by atoms with Crippen molar-refractivity contribution in [2.24, 2.45) is 5.41 Å². The van der Waals surface area contributed by atoms with Crippen molar-refractivity contribution in [3.05, 3.63) is 71.8 Å². The van der Waals surface area contributed by atoms with E-state index >= 15 is 0 Å². The highest BCUT2D eigenvalue weighted by atomic mass is 28.3. The lowest BCUT2D eigenvalue weighted by Gasteiger charge is -2.51. The van der Waals surface area contributed by atoms with Crippen molar-refractivity contribution in [2.45, 2.75) is 76.9 Å². The molecule has 28 heavy (non-hydrogen) atoms. The average molecular weight is 397 g/mol. The van der Waals surface area contributed by atoms with Gasteiger partial charge in [0.2, 0.25) is 5.41 Å². The van der Waals surface area contributed by atoms with E-state index < -0.39 is 13.5 Å². The molecule has 2 aromatic rings. The van der Waals surface area contributed by atoms with E-state index in [1.165, 1.54) is 11.1 Å². The van der Waals surface area contributed by atoms with Gasteiger partial charge in [-0.3, -0.25) is 0 Å². The molecule has 1 atom stereocenters. The fourth-order valence-corrected chi connectivity index (χ4v) is 10.6. The molecule has 0 bridgehead atoms. The Balaban J connectivity index is 2.22. The summed E-state index contributed by atoms with van der Waals surface area (Å²) in [5.74, 6) is 0. The highest BCUT2D eigenvalue weighted by Crippen LogP contribution is 2.62. The lowest BCUT2D eigenvalue weighted by atomic mass is 9.59. The first-order valence-corrected chi connectivity index (χ1v) is 13.6. The van der Waals surface area contributed by atoms with Crippen molar-refractivity contribution >= 4 is 8.07 Å². The van der Waals surface area contributed by atoms with Crippen molar-refractivity contribution in [3.8, 4) is 0 Å². The maximum absolute atomic E-state index is 6.10. The lowest BCUT2D eigenvalue weighted by molar-refractivity contribution is 0.0850. The summed E-state index contributed by atoms with van der Waals surface area (Å²) >= 11 is 0. The minimum Gasteiger partial charge on any atom is -0.199 e. The molecule has 0 spiro atoms.